The molecular formula is C10H9ClN4. The number of nitrogens with two attached hydrogens (primary N) is 1. The Balaban J connectivity index is 2.37. The molecule has 15 heavy (non-hydrogen) atoms. The predicted molar refractivity (Wildman–Crippen MR) is 57.3 cm³/mol. The minimum absolute atomic E-state index is 0.438. The Labute approximate surface area is 92.2 Å². The first-order valence-corrected chi connectivity index (χ1v) is 4.78. The molecule has 5 heteroatoms. The summed E-state index contributed by atoms with van der Waals surface area (Å²) in [6.45, 7) is 0. The second-order valence-corrected chi connectivity index (χ2v) is 3.39. The van der Waals surface area contributed by atoms with Crippen LogP contribution in [-0.4, -0.2) is 15.0 Å². The average Bonchev–Trinajstić information content (AvgIpc) is 2.30. The van der Waals surface area contributed by atoms with Gasteiger partial charge in [0, 0.05) is 18.6 Å². The Kier molecular flexibility index (Phi) is 2.89. The van der Waals surface area contributed by atoms with Gasteiger partial charge in [0.2, 0.25) is 0 Å². The second-order valence-electron chi connectivity index (χ2n) is 2.98. The van der Waals surface area contributed by atoms with E-state index >= 15 is 0 Å². The van der Waals surface area contributed by atoms with E-state index in [-0.39, 0.29) is 0 Å². The molecule has 2 aromatic rings. The van der Waals surface area contributed by atoms with Crippen molar-refractivity contribution in [3.8, 4) is 0 Å². The van der Waals surface area contributed by atoms with E-state index in [1.54, 1.807) is 36.9 Å². The van der Waals surface area contributed by atoms with E-state index in [2.05, 4.69) is 15.0 Å². The first-order chi connectivity index (χ1) is 7.29. The van der Waals surface area contributed by atoms with Crippen molar-refractivity contribution in [1.29, 1.82) is 0 Å². The minimum Gasteiger partial charge on any atom is -0.318 e. The van der Waals surface area contributed by atoms with Crippen molar-refractivity contribution >= 4 is 11.6 Å². The van der Waals surface area contributed by atoms with Gasteiger partial charge >= 0.3 is 0 Å². The molecule has 0 saturated carbocycles. The summed E-state index contributed by atoms with van der Waals surface area (Å²) in [5.41, 5.74) is 7.23. The molecule has 2 rings (SSSR count). The van der Waals surface area contributed by atoms with Crippen LogP contribution in [0.4, 0.5) is 0 Å². The predicted octanol–water partition coefficient (Wildman–Crippen LogP) is 1.57. The summed E-state index contributed by atoms with van der Waals surface area (Å²) in [6, 6.07) is 3.07. The van der Waals surface area contributed by atoms with Crippen LogP contribution in [0.2, 0.25) is 5.02 Å². The molecule has 0 aliphatic carbocycles. The van der Waals surface area contributed by atoms with Crippen LogP contribution < -0.4 is 5.73 Å². The van der Waals surface area contributed by atoms with Crippen LogP contribution in [0.15, 0.2) is 36.9 Å². The molecule has 0 fully saturated rings. The molecule has 1 atom stereocenters. The van der Waals surface area contributed by atoms with E-state index in [1.165, 1.54) is 0 Å². The lowest BCUT2D eigenvalue weighted by molar-refractivity contribution is 0.786. The van der Waals surface area contributed by atoms with Crippen LogP contribution in [0.25, 0.3) is 0 Å². The van der Waals surface area contributed by atoms with Crippen LogP contribution in [0.3, 0.4) is 0 Å². The van der Waals surface area contributed by atoms with Crippen molar-refractivity contribution in [2.45, 2.75) is 6.04 Å². The van der Waals surface area contributed by atoms with Gasteiger partial charge in [-0.05, 0) is 12.1 Å². The van der Waals surface area contributed by atoms with Gasteiger partial charge in [0.15, 0.2) is 0 Å². The molecule has 0 bridgehead atoms. The normalized spacial score (nSPS) is 12.4. The summed E-state index contributed by atoms with van der Waals surface area (Å²) in [7, 11) is 0. The summed E-state index contributed by atoms with van der Waals surface area (Å²) < 4.78 is 0. The highest BCUT2D eigenvalue weighted by molar-refractivity contribution is 6.31. The number of nitrogens with zero attached hydrogens (tertiary/aromatic N) is 3. The van der Waals surface area contributed by atoms with Gasteiger partial charge in [-0.25, -0.2) is 0 Å². The SMILES string of the molecule is NC(c1cnccn1)c1ncccc1Cl. The molecule has 4 nitrogen and oxygen atoms in total. The maximum absolute atomic E-state index is 5.98. The number of pyridine rings is 1. The summed E-state index contributed by atoms with van der Waals surface area (Å²) in [5, 5.41) is 0.538. The van der Waals surface area contributed by atoms with E-state index in [4.69, 9.17) is 17.3 Å². The van der Waals surface area contributed by atoms with E-state index in [9.17, 15) is 0 Å². The third-order valence-electron chi connectivity index (χ3n) is 1.98. The Morgan fingerprint density at radius 3 is 2.73 bits per heavy atom. The zero-order valence-corrected chi connectivity index (χ0v) is 8.59. The van der Waals surface area contributed by atoms with Crippen molar-refractivity contribution in [2.24, 2.45) is 5.73 Å². The van der Waals surface area contributed by atoms with E-state index in [1.807, 2.05) is 0 Å². The summed E-state index contributed by atoms with van der Waals surface area (Å²) in [6.07, 6.45) is 6.44. The lowest BCUT2D eigenvalue weighted by Gasteiger charge is -2.10. The van der Waals surface area contributed by atoms with Gasteiger partial charge < -0.3 is 5.73 Å². The molecule has 0 aliphatic rings. The van der Waals surface area contributed by atoms with Crippen molar-refractivity contribution in [1.82, 2.24) is 15.0 Å². The van der Waals surface area contributed by atoms with Gasteiger partial charge in [-0.1, -0.05) is 11.6 Å². The van der Waals surface area contributed by atoms with Crippen LogP contribution in [-0.2, 0) is 0 Å². The fourth-order valence-corrected chi connectivity index (χ4v) is 1.48. The van der Waals surface area contributed by atoms with Gasteiger partial charge in [-0.2, -0.15) is 0 Å². The van der Waals surface area contributed by atoms with Crippen LogP contribution in [0.1, 0.15) is 17.4 Å². The molecule has 2 heterocycles. The van der Waals surface area contributed by atoms with Crippen molar-refractivity contribution in [3.05, 3.63) is 53.3 Å². The average molecular weight is 221 g/mol. The van der Waals surface area contributed by atoms with Crippen molar-refractivity contribution in [3.63, 3.8) is 0 Å². The first-order valence-electron chi connectivity index (χ1n) is 4.41. The monoisotopic (exact) mass is 220 g/mol. The summed E-state index contributed by atoms with van der Waals surface area (Å²) in [4.78, 5) is 12.2. The van der Waals surface area contributed by atoms with Gasteiger partial charge in [0.05, 0.1) is 28.6 Å². The zero-order valence-electron chi connectivity index (χ0n) is 7.84. The molecule has 0 aliphatic heterocycles. The molecule has 0 saturated heterocycles. The maximum Gasteiger partial charge on any atom is 0.0931 e. The van der Waals surface area contributed by atoms with Gasteiger partial charge in [0.25, 0.3) is 0 Å². The Bertz CT molecular complexity index is 446. The molecular weight excluding hydrogens is 212 g/mol. The number of halogens is 1. The Hall–Kier alpha value is -1.52. The number of hydrogen-bond donors (Lipinski definition) is 1. The third kappa shape index (κ3) is 2.11. The van der Waals surface area contributed by atoms with E-state index in [0.29, 0.717) is 16.4 Å². The Morgan fingerprint density at radius 2 is 2.07 bits per heavy atom. The topological polar surface area (TPSA) is 64.7 Å². The molecule has 76 valence electrons. The summed E-state index contributed by atoms with van der Waals surface area (Å²) in [5.74, 6) is 0. The van der Waals surface area contributed by atoms with Gasteiger partial charge in [-0.15, -0.1) is 0 Å². The van der Waals surface area contributed by atoms with Gasteiger partial charge in [-0.3, -0.25) is 15.0 Å². The molecule has 0 aromatic carbocycles. The lowest BCUT2D eigenvalue weighted by atomic mass is 10.1. The smallest absolute Gasteiger partial charge is 0.0931 e. The zero-order chi connectivity index (χ0) is 10.7. The lowest BCUT2D eigenvalue weighted by Crippen LogP contribution is -2.15. The van der Waals surface area contributed by atoms with Crippen LogP contribution in [0, 0.1) is 0 Å². The van der Waals surface area contributed by atoms with Crippen LogP contribution in [0.5, 0.6) is 0 Å². The Morgan fingerprint density at radius 1 is 1.20 bits per heavy atom. The van der Waals surface area contributed by atoms with Crippen LogP contribution >= 0.6 is 11.6 Å². The molecule has 0 spiro atoms. The molecule has 0 radical (unpaired) electrons. The largest absolute Gasteiger partial charge is 0.318 e. The highest BCUT2D eigenvalue weighted by atomic mass is 35.5. The highest BCUT2D eigenvalue weighted by Crippen LogP contribution is 2.21. The number of hydrogen-bond acceptors (Lipinski definition) is 4. The number of aromatic nitrogens is 3. The molecule has 2 N–H and O–H groups in total. The third-order valence-corrected chi connectivity index (χ3v) is 2.30. The fourth-order valence-electron chi connectivity index (χ4n) is 1.24. The fraction of sp³-hybridized carbons (Fsp3) is 0.100. The maximum atomic E-state index is 5.98. The standard InChI is InChI=1S/C10H9ClN4/c11-7-2-1-3-15-10(7)9(12)8-6-13-4-5-14-8/h1-6,9H,12H2. The van der Waals surface area contributed by atoms with Crippen molar-refractivity contribution < 1.29 is 0 Å². The minimum atomic E-state index is -0.438. The van der Waals surface area contributed by atoms with Gasteiger partial charge in [0.1, 0.15) is 0 Å². The molecule has 0 amide bonds. The summed E-state index contributed by atoms with van der Waals surface area (Å²) >= 11 is 5.98. The second kappa shape index (κ2) is 4.33. The van der Waals surface area contributed by atoms with Crippen molar-refractivity contribution in [2.75, 3.05) is 0 Å². The van der Waals surface area contributed by atoms with E-state index in [0.717, 1.165) is 0 Å². The number of rotatable bonds is 2. The quantitative estimate of drug-likeness (QED) is 0.835. The molecule has 2 aromatic heterocycles. The highest BCUT2D eigenvalue weighted by Gasteiger charge is 2.14. The molecule has 1 unspecified atom stereocenters. The van der Waals surface area contributed by atoms with E-state index < -0.39 is 6.04 Å². The first kappa shape index (κ1) is 10.0.